The molecule has 0 N–H and O–H groups in total. The maximum absolute atomic E-state index is 13.4. The van der Waals surface area contributed by atoms with Crippen LogP contribution in [0.25, 0.3) is 11.3 Å². The van der Waals surface area contributed by atoms with Crippen LogP contribution in [0.1, 0.15) is 42.7 Å². The van der Waals surface area contributed by atoms with E-state index in [1.807, 2.05) is 6.92 Å². The zero-order valence-corrected chi connectivity index (χ0v) is 18.4. The molecule has 4 nitrogen and oxygen atoms in total. The molecule has 1 saturated heterocycles. The third kappa shape index (κ3) is 2.53. The Hall–Kier alpha value is -2.27. The minimum absolute atomic E-state index is 0.0353. The van der Waals surface area contributed by atoms with E-state index in [-0.39, 0.29) is 35.5 Å². The van der Waals surface area contributed by atoms with E-state index in [9.17, 15) is 9.59 Å². The lowest BCUT2D eigenvalue weighted by atomic mass is 9.81. The number of fused-ring (bicyclic) bond motifs is 5. The monoisotopic (exact) mass is 406 g/mol. The van der Waals surface area contributed by atoms with Crippen molar-refractivity contribution in [3.63, 3.8) is 0 Å². The van der Waals surface area contributed by atoms with Crippen molar-refractivity contribution in [3.05, 3.63) is 45.3 Å². The highest BCUT2D eigenvalue weighted by Gasteiger charge is 2.64. The lowest BCUT2D eigenvalue weighted by Gasteiger charge is -2.18. The number of hydrogen-bond donors (Lipinski definition) is 0. The van der Waals surface area contributed by atoms with Gasteiger partial charge in [-0.25, -0.2) is 9.88 Å². The van der Waals surface area contributed by atoms with Gasteiger partial charge in [0.15, 0.2) is 5.13 Å². The highest BCUT2D eigenvalue weighted by molar-refractivity contribution is 7.16. The molecular formula is C24H26N2O2S. The molecule has 150 valence electrons. The molecule has 5 rings (SSSR count). The number of aromatic nitrogens is 1. The molecule has 1 aliphatic heterocycles. The molecule has 2 heterocycles. The summed E-state index contributed by atoms with van der Waals surface area (Å²) in [6.45, 7) is 10.4. The van der Waals surface area contributed by atoms with Crippen LogP contribution in [0.3, 0.4) is 0 Å². The molecule has 0 spiro atoms. The number of thiazole rings is 1. The zero-order valence-electron chi connectivity index (χ0n) is 17.6. The summed E-state index contributed by atoms with van der Waals surface area (Å²) in [6.07, 6.45) is 2.06. The molecule has 1 aromatic heterocycles. The molecule has 4 unspecified atom stereocenters. The summed E-state index contributed by atoms with van der Waals surface area (Å²) in [7, 11) is 0. The number of carbonyl (C=O) groups is 2. The summed E-state index contributed by atoms with van der Waals surface area (Å²) >= 11 is 1.46. The summed E-state index contributed by atoms with van der Waals surface area (Å²) in [5, 5.41) is 0.542. The number of allylic oxidation sites excluding steroid dienone is 2. The fourth-order valence-electron chi connectivity index (χ4n) is 5.99. The molecule has 2 saturated carbocycles. The lowest BCUT2D eigenvalue weighted by molar-refractivity contribution is -0.123. The van der Waals surface area contributed by atoms with Crippen molar-refractivity contribution in [2.75, 3.05) is 4.90 Å². The number of benzene rings is 1. The number of rotatable bonds is 2. The minimum Gasteiger partial charge on any atom is -0.274 e. The van der Waals surface area contributed by atoms with E-state index in [4.69, 9.17) is 4.98 Å². The fourth-order valence-corrected chi connectivity index (χ4v) is 6.92. The summed E-state index contributed by atoms with van der Waals surface area (Å²) in [5.74, 6) is 0.0613. The van der Waals surface area contributed by atoms with Gasteiger partial charge in [0.05, 0.1) is 17.5 Å². The number of anilines is 1. The largest absolute Gasteiger partial charge is 0.274 e. The number of amides is 2. The Morgan fingerprint density at radius 1 is 1.03 bits per heavy atom. The number of imide groups is 1. The Labute approximate surface area is 175 Å². The molecule has 5 heteroatoms. The molecule has 29 heavy (non-hydrogen) atoms. The smallest absolute Gasteiger partial charge is 0.240 e. The van der Waals surface area contributed by atoms with Gasteiger partial charge in [0.25, 0.3) is 0 Å². The molecule has 2 bridgehead atoms. The summed E-state index contributed by atoms with van der Waals surface area (Å²) in [6, 6.07) is 6.30. The third-order valence-electron chi connectivity index (χ3n) is 7.04. The number of aryl methyl sites for hydroxylation is 3. The first kappa shape index (κ1) is 18.7. The van der Waals surface area contributed by atoms with Gasteiger partial charge in [-0.3, -0.25) is 9.59 Å². The van der Waals surface area contributed by atoms with Crippen LogP contribution in [0.4, 0.5) is 5.13 Å². The van der Waals surface area contributed by atoms with Gasteiger partial charge >= 0.3 is 0 Å². The van der Waals surface area contributed by atoms with Gasteiger partial charge in [0.2, 0.25) is 11.8 Å². The molecule has 1 aromatic carbocycles. The first-order valence-corrected chi connectivity index (χ1v) is 11.2. The van der Waals surface area contributed by atoms with Crippen LogP contribution in [0.15, 0.2) is 29.3 Å². The first-order chi connectivity index (χ1) is 13.8. The molecule has 4 atom stereocenters. The topological polar surface area (TPSA) is 50.3 Å². The van der Waals surface area contributed by atoms with Gasteiger partial charge in [-0.15, -0.1) is 11.3 Å². The second-order valence-electron chi connectivity index (χ2n) is 9.03. The van der Waals surface area contributed by atoms with Crippen LogP contribution in [0, 0.1) is 44.4 Å². The highest BCUT2D eigenvalue weighted by Crippen LogP contribution is 2.60. The van der Waals surface area contributed by atoms with Gasteiger partial charge in [-0.2, -0.15) is 0 Å². The van der Waals surface area contributed by atoms with E-state index in [0.29, 0.717) is 5.13 Å². The quantitative estimate of drug-likeness (QED) is 0.508. The second kappa shape index (κ2) is 6.36. The Balaban J connectivity index is 1.53. The van der Waals surface area contributed by atoms with Gasteiger partial charge < -0.3 is 0 Å². The molecule has 0 radical (unpaired) electrons. The van der Waals surface area contributed by atoms with Gasteiger partial charge in [0.1, 0.15) is 0 Å². The molecule has 3 aliphatic rings. The number of hydrogen-bond acceptors (Lipinski definition) is 4. The average molecular weight is 407 g/mol. The van der Waals surface area contributed by atoms with Crippen LogP contribution < -0.4 is 4.90 Å². The summed E-state index contributed by atoms with van der Waals surface area (Å²) in [4.78, 5) is 34.0. The first-order valence-electron chi connectivity index (χ1n) is 10.4. The molecule has 2 amide bonds. The second-order valence-corrected chi connectivity index (χ2v) is 10.2. The van der Waals surface area contributed by atoms with Crippen molar-refractivity contribution in [2.45, 2.75) is 47.5 Å². The van der Waals surface area contributed by atoms with Gasteiger partial charge in [-0.05, 0) is 64.9 Å². The van der Waals surface area contributed by atoms with Crippen molar-refractivity contribution in [3.8, 4) is 11.3 Å². The molecule has 2 aliphatic carbocycles. The fraction of sp³-hybridized carbons (Fsp3) is 0.458. The standard InChI is InChI=1S/C24H26N2O2S/c1-11(2)18-16-8-9-17(18)20-19(16)22(27)26(23(20)28)24-25-21(14(5)29-24)15-7-6-12(3)10-13(15)4/h6-7,10,16-17,19-20H,8-9H2,1-5H3. The maximum atomic E-state index is 13.4. The summed E-state index contributed by atoms with van der Waals surface area (Å²) in [5.41, 5.74) is 7.00. The van der Waals surface area contributed by atoms with Crippen molar-refractivity contribution in [1.29, 1.82) is 0 Å². The lowest BCUT2D eigenvalue weighted by Crippen LogP contribution is -2.33. The Morgan fingerprint density at radius 3 is 2.21 bits per heavy atom. The van der Waals surface area contributed by atoms with E-state index < -0.39 is 0 Å². The van der Waals surface area contributed by atoms with Crippen LogP contribution in [-0.2, 0) is 9.59 Å². The van der Waals surface area contributed by atoms with Crippen LogP contribution >= 0.6 is 11.3 Å². The normalized spacial score (nSPS) is 27.9. The average Bonchev–Trinajstić information content (AvgIpc) is 3.37. The Bertz CT molecular complexity index is 1060. The predicted octanol–water partition coefficient (Wildman–Crippen LogP) is 5.22. The van der Waals surface area contributed by atoms with Crippen LogP contribution in [-0.4, -0.2) is 16.8 Å². The van der Waals surface area contributed by atoms with Gasteiger partial charge in [-0.1, -0.05) is 34.9 Å². The molecule has 2 aromatic rings. The SMILES string of the molecule is CC(C)=C1C2CCC1C1C(=O)N(c3nc(-c4ccc(C)cc4C)c(C)s3)C(=O)C21. The number of nitrogens with zero attached hydrogens (tertiary/aromatic N) is 2. The van der Waals surface area contributed by atoms with Gasteiger partial charge in [0, 0.05) is 10.4 Å². The minimum atomic E-state index is -0.181. The Kier molecular flexibility index (Phi) is 4.11. The van der Waals surface area contributed by atoms with Crippen molar-refractivity contribution >= 4 is 28.3 Å². The molecular weight excluding hydrogens is 380 g/mol. The van der Waals surface area contributed by atoms with Crippen molar-refractivity contribution < 1.29 is 9.59 Å². The van der Waals surface area contributed by atoms with E-state index in [1.165, 1.54) is 32.9 Å². The predicted molar refractivity (Wildman–Crippen MR) is 116 cm³/mol. The van der Waals surface area contributed by atoms with E-state index in [1.54, 1.807) is 0 Å². The Morgan fingerprint density at radius 2 is 1.66 bits per heavy atom. The maximum Gasteiger partial charge on any atom is 0.240 e. The van der Waals surface area contributed by atoms with Crippen LogP contribution in [0.2, 0.25) is 0 Å². The third-order valence-corrected chi connectivity index (χ3v) is 8.00. The summed E-state index contributed by atoms with van der Waals surface area (Å²) < 4.78 is 0. The van der Waals surface area contributed by atoms with E-state index >= 15 is 0 Å². The van der Waals surface area contributed by atoms with Crippen LogP contribution in [0.5, 0.6) is 0 Å². The van der Waals surface area contributed by atoms with Crippen molar-refractivity contribution in [2.24, 2.45) is 23.7 Å². The van der Waals surface area contributed by atoms with E-state index in [2.05, 4.69) is 45.9 Å². The number of carbonyl (C=O) groups excluding carboxylic acids is 2. The zero-order chi connectivity index (χ0) is 20.6. The van der Waals surface area contributed by atoms with Crippen molar-refractivity contribution in [1.82, 2.24) is 4.98 Å². The molecule has 3 fully saturated rings. The highest BCUT2D eigenvalue weighted by atomic mass is 32.1. The van der Waals surface area contributed by atoms with E-state index in [0.717, 1.165) is 34.5 Å².